The quantitative estimate of drug-likeness (QED) is 0.716. The molecule has 24 heavy (non-hydrogen) atoms. The van der Waals surface area contributed by atoms with E-state index >= 15 is 0 Å². The number of nitrogens with zero attached hydrogens (tertiary/aromatic N) is 1. The van der Waals surface area contributed by atoms with E-state index in [-0.39, 0.29) is 18.2 Å². The summed E-state index contributed by atoms with van der Waals surface area (Å²) in [6, 6.07) is 18.5. The average Bonchev–Trinajstić information content (AvgIpc) is 3.03. The van der Waals surface area contributed by atoms with Crippen LogP contribution in [0.1, 0.15) is 6.92 Å². The molecule has 1 heterocycles. The fourth-order valence-electron chi connectivity index (χ4n) is 2.37. The van der Waals surface area contributed by atoms with Crippen molar-refractivity contribution in [2.45, 2.75) is 13.0 Å². The van der Waals surface area contributed by atoms with E-state index in [1.54, 1.807) is 0 Å². The van der Waals surface area contributed by atoms with E-state index in [9.17, 15) is 9.90 Å². The highest BCUT2D eigenvalue weighted by molar-refractivity contribution is 7.10. The zero-order valence-corrected chi connectivity index (χ0v) is 14.0. The van der Waals surface area contributed by atoms with Gasteiger partial charge < -0.3 is 14.7 Å². The van der Waals surface area contributed by atoms with Crippen molar-refractivity contribution in [3.05, 3.63) is 71.0 Å². The van der Waals surface area contributed by atoms with Gasteiger partial charge in [-0.25, -0.2) is 0 Å². The van der Waals surface area contributed by atoms with Crippen molar-refractivity contribution >= 4 is 22.2 Å². The highest BCUT2D eigenvalue weighted by Gasteiger charge is 2.18. The summed E-state index contributed by atoms with van der Waals surface area (Å²) in [6.45, 7) is 1.88. The van der Waals surface area contributed by atoms with E-state index in [0.29, 0.717) is 0 Å². The largest absolute Gasteiger partial charge is 0.457 e. The normalized spacial score (nSPS) is 11.9. The van der Waals surface area contributed by atoms with Crippen LogP contribution in [0.2, 0.25) is 0 Å². The summed E-state index contributed by atoms with van der Waals surface area (Å²) >= 11 is 1.25. The molecule has 0 amide bonds. The Morgan fingerprint density at radius 3 is 2.38 bits per heavy atom. The third-order valence-electron chi connectivity index (χ3n) is 3.55. The first-order valence-corrected chi connectivity index (χ1v) is 8.40. The molecule has 5 nitrogen and oxygen atoms in total. The summed E-state index contributed by atoms with van der Waals surface area (Å²) in [7, 11) is 0. The number of anilines is 2. The number of para-hydroxylation sites is 1. The van der Waals surface area contributed by atoms with Gasteiger partial charge in [-0.1, -0.05) is 18.2 Å². The molecule has 1 aromatic heterocycles. The van der Waals surface area contributed by atoms with Gasteiger partial charge in [0, 0.05) is 11.8 Å². The molecule has 0 aliphatic carbocycles. The molecule has 0 spiro atoms. The number of benzene rings is 2. The molecular weight excluding hydrogens is 324 g/mol. The molecule has 1 atom stereocenters. The van der Waals surface area contributed by atoms with Crippen LogP contribution in [0, 0.1) is 0 Å². The third-order valence-corrected chi connectivity index (χ3v) is 4.37. The molecule has 0 aliphatic heterocycles. The Bertz CT molecular complexity index is 827. The van der Waals surface area contributed by atoms with E-state index in [0.717, 1.165) is 22.2 Å². The second-order valence-electron chi connectivity index (χ2n) is 5.36. The van der Waals surface area contributed by atoms with Crippen molar-refractivity contribution in [2.24, 2.45) is 0 Å². The number of aliphatic hydroxyl groups is 1. The minimum absolute atomic E-state index is 0.0195. The Hall–Kier alpha value is -2.57. The van der Waals surface area contributed by atoms with Crippen LogP contribution in [0.4, 0.5) is 10.7 Å². The van der Waals surface area contributed by atoms with E-state index in [1.807, 2.05) is 66.4 Å². The monoisotopic (exact) mass is 342 g/mol. The lowest BCUT2D eigenvalue weighted by molar-refractivity contribution is 0.273. The van der Waals surface area contributed by atoms with E-state index in [2.05, 4.69) is 4.37 Å². The van der Waals surface area contributed by atoms with Gasteiger partial charge in [0.25, 0.3) is 5.56 Å². The number of aromatic nitrogens is 1. The van der Waals surface area contributed by atoms with Gasteiger partial charge in [0.15, 0.2) is 0 Å². The summed E-state index contributed by atoms with van der Waals surface area (Å²) < 4.78 is 8.47. The Kier molecular flexibility index (Phi) is 4.98. The standard InChI is InChI=1S/C18H18N2O3S/c1-13(12-21)20(18-11-17(22)19-24-18)14-7-9-16(10-8-14)23-15-5-3-2-4-6-15/h2-11,13,21H,12H2,1H3,(H,19,22)/t13-/m0/s1. The number of nitrogens with one attached hydrogen (secondary N) is 1. The van der Waals surface area contributed by atoms with Gasteiger partial charge in [-0.2, -0.15) is 0 Å². The molecular formula is C18H18N2O3S. The second-order valence-corrected chi connectivity index (χ2v) is 6.19. The highest BCUT2D eigenvalue weighted by atomic mass is 32.1. The fraction of sp³-hybridized carbons (Fsp3) is 0.167. The van der Waals surface area contributed by atoms with Crippen LogP contribution in [0.5, 0.6) is 11.5 Å². The lowest BCUT2D eigenvalue weighted by Crippen LogP contribution is -2.30. The predicted molar refractivity (Wildman–Crippen MR) is 96.6 cm³/mol. The molecule has 3 rings (SSSR count). The summed E-state index contributed by atoms with van der Waals surface area (Å²) in [5.41, 5.74) is 0.737. The molecule has 0 bridgehead atoms. The van der Waals surface area contributed by atoms with Crippen LogP contribution >= 0.6 is 11.5 Å². The van der Waals surface area contributed by atoms with Gasteiger partial charge in [-0.3, -0.25) is 9.17 Å². The first-order chi connectivity index (χ1) is 11.7. The summed E-state index contributed by atoms with van der Waals surface area (Å²) in [4.78, 5) is 13.4. The summed E-state index contributed by atoms with van der Waals surface area (Å²) in [6.07, 6.45) is 0. The lowest BCUT2D eigenvalue weighted by atomic mass is 10.2. The van der Waals surface area contributed by atoms with Crippen LogP contribution < -0.4 is 15.2 Å². The smallest absolute Gasteiger partial charge is 0.260 e. The van der Waals surface area contributed by atoms with Crippen molar-refractivity contribution in [1.29, 1.82) is 0 Å². The molecule has 0 aliphatic rings. The minimum atomic E-state index is -0.155. The molecule has 2 N–H and O–H groups in total. The van der Waals surface area contributed by atoms with Crippen molar-refractivity contribution in [2.75, 3.05) is 11.5 Å². The molecule has 0 radical (unpaired) electrons. The van der Waals surface area contributed by atoms with Crippen LogP contribution in [-0.2, 0) is 0 Å². The maximum Gasteiger partial charge on any atom is 0.260 e. The number of ether oxygens (including phenoxy) is 1. The Morgan fingerprint density at radius 1 is 1.12 bits per heavy atom. The van der Waals surface area contributed by atoms with E-state index in [4.69, 9.17) is 4.74 Å². The maximum atomic E-state index is 11.4. The predicted octanol–water partition coefficient (Wildman–Crippen LogP) is 3.75. The van der Waals surface area contributed by atoms with Crippen LogP contribution in [0.15, 0.2) is 65.5 Å². The van der Waals surface area contributed by atoms with Gasteiger partial charge >= 0.3 is 0 Å². The molecule has 0 saturated carbocycles. The molecule has 124 valence electrons. The second kappa shape index (κ2) is 7.33. The number of aromatic amines is 1. The van der Waals surface area contributed by atoms with Crippen molar-refractivity contribution in [3.63, 3.8) is 0 Å². The number of aliphatic hydroxyl groups excluding tert-OH is 1. The van der Waals surface area contributed by atoms with E-state index < -0.39 is 0 Å². The average molecular weight is 342 g/mol. The van der Waals surface area contributed by atoms with Gasteiger partial charge in [0.1, 0.15) is 16.5 Å². The molecule has 0 unspecified atom stereocenters. The topological polar surface area (TPSA) is 65.6 Å². The first kappa shape index (κ1) is 16.3. The fourth-order valence-corrected chi connectivity index (χ4v) is 3.19. The number of hydrogen-bond acceptors (Lipinski definition) is 5. The lowest BCUT2D eigenvalue weighted by Gasteiger charge is -2.28. The molecule has 0 fully saturated rings. The Balaban J connectivity index is 1.85. The molecule has 0 saturated heterocycles. The summed E-state index contributed by atoms with van der Waals surface area (Å²) in [5, 5.41) is 10.3. The zero-order chi connectivity index (χ0) is 16.9. The first-order valence-electron chi connectivity index (χ1n) is 7.59. The molecule has 2 aromatic carbocycles. The van der Waals surface area contributed by atoms with Gasteiger partial charge in [-0.15, -0.1) is 0 Å². The van der Waals surface area contributed by atoms with E-state index in [1.165, 1.54) is 17.6 Å². The van der Waals surface area contributed by atoms with Crippen LogP contribution in [0.25, 0.3) is 0 Å². The molecule has 3 aromatic rings. The highest BCUT2D eigenvalue weighted by Crippen LogP contribution is 2.31. The van der Waals surface area contributed by atoms with Crippen molar-refractivity contribution < 1.29 is 9.84 Å². The maximum absolute atomic E-state index is 11.4. The molecule has 6 heteroatoms. The summed E-state index contributed by atoms with van der Waals surface area (Å²) in [5.74, 6) is 1.50. The van der Waals surface area contributed by atoms with Gasteiger partial charge in [0.05, 0.1) is 12.6 Å². The SMILES string of the molecule is C[C@@H](CO)N(c1ccc(Oc2ccccc2)cc1)c1cc(=O)[nH]s1. The number of H-pyrrole nitrogens is 1. The van der Waals surface area contributed by atoms with Gasteiger partial charge in [0.2, 0.25) is 0 Å². The number of rotatable bonds is 6. The zero-order valence-electron chi connectivity index (χ0n) is 13.2. The Morgan fingerprint density at radius 2 is 1.79 bits per heavy atom. The third kappa shape index (κ3) is 3.67. The van der Waals surface area contributed by atoms with Gasteiger partial charge in [-0.05, 0) is 54.9 Å². The minimum Gasteiger partial charge on any atom is -0.457 e. The van der Waals surface area contributed by atoms with Crippen LogP contribution in [-0.4, -0.2) is 22.1 Å². The van der Waals surface area contributed by atoms with Crippen molar-refractivity contribution in [1.82, 2.24) is 4.37 Å². The number of hydrogen-bond donors (Lipinski definition) is 2. The van der Waals surface area contributed by atoms with Crippen LogP contribution in [0.3, 0.4) is 0 Å². The van der Waals surface area contributed by atoms with Crippen molar-refractivity contribution in [3.8, 4) is 11.5 Å². The Labute approximate surface area is 143 Å².